The van der Waals surface area contributed by atoms with Gasteiger partial charge in [0.25, 0.3) is 0 Å². The highest BCUT2D eigenvalue weighted by atomic mass is 35.5. The van der Waals surface area contributed by atoms with Crippen LogP contribution < -0.4 is 14.2 Å². The van der Waals surface area contributed by atoms with Gasteiger partial charge in [0.15, 0.2) is 23.7 Å². The molecule has 19 heavy (non-hydrogen) atoms. The van der Waals surface area contributed by atoms with E-state index in [9.17, 15) is 0 Å². The average molecular weight is 284 g/mol. The molecule has 0 aliphatic rings. The van der Waals surface area contributed by atoms with Crippen LogP contribution in [0.3, 0.4) is 0 Å². The molecule has 0 spiro atoms. The van der Waals surface area contributed by atoms with Crippen molar-refractivity contribution in [3.05, 3.63) is 24.2 Å². The molecule has 1 aromatic carbocycles. The molecule has 0 unspecified atom stereocenters. The largest absolute Gasteiger partial charge is 0.496 e. The van der Waals surface area contributed by atoms with Gasteiger partial charge in [0.05, 0.1) is 32.8 Å². The van der Waals surface area contributed by atoms with Gasteiger partial charge in [-0.05, 0) is 6.07 Å². The van der Waals surface area contributed by atoms with Gasteiger partial charge in [0.2, 0.25) is 0 Å². The molecule has 2 aromatic rings. The van der Waals surface area contributed by atoms with Crippen LogP contribution in [0.1, 0.15) is 5.69 Å². The van der Waals surface area contributed by atoms with E-state index in [1.54, 1.807) is 33.5 Å². The first-order valence-electron chi connectivity index (χ1n) is 5.53. The van der Waals surface area contributed by atoms with Gasteiger partial charge < -0.3 is 18.6 Å². The van der Waals surface area contributed by atoms with Gasteiger partial charge in [-0.15, -0.1) is 11.6 Å². The lowest BCUT2D eigenvalue weighted by Gasteiger charge is -2.13. The Morgan fingerprint density at radius 1 is 1.05 bits per heavy atom. The zero-order valence-corrected chi connectivity index (χ0v) is 11.7. The third-order valence-corrected chi connectivity index (χ3v) is 2.97. The van der Waals surface area contributed by atoms with Gasteiger partial charge in [-0.3, -0.25) is 0 Å². The Hall–Kier alpha value is -1.88. The molecule has 1 aromatic heterocycles. The predicted molar refractivity (Wildman–Crippen MR) is 71.2 cm³/mol. The van der Waals surface area contributed by atoms with Crippen LogP contribution in [-0.4, -0.2) is 26.3 Å². The second-order valence-electron chi connectivity index (χ2n) is 3.67. The normalized spacial score (nSPS) is 10.3. The summed E-state index contributed by atoms with van der Waals surface area (Å²) in [5, 5.41) is 0. The molecule has 6 heteroatoms. The van der Waals surface area contributed by atoms with Crippen molar-refractivity contribution in [1.82, 2.24) is 4.98 Å². The summed E-state index contributed by atoms with van der Waals surface area (Å²) in [4.78, 5) is 4.06. The molecule has 0 saturated heterocycles. The van der Waals surface area contributed by atoms with Crippen molar-refractivity contribution < 1.29 is 18.6 Å². The SMILES string of the molecule is COc1cc(OC)c(-c2ocnc2CCl)cc1OC. The molecule has 0 fully saturated rings. The summed E-state index contributed by atoms with van der Waals surface area (Å²) < 4.78 is 21.2. The number of halogens is 1. The molecule has 0 saturated carbocycles. The monoisotopic (exact) mass is 283 g/mol. The van der Waals surface area contributed by atoms with Gasteiger partial charge in [-0.1, -0.05) is 0 Å². The summed E-state index contributed by atoms with van der Waals surface area (Å²) in [6, 6.07) is 3.50. The fraction of sp³-hybridized carbons (Fsp3) is 0.308. The standard InChI is InChI=1S/C13H14ClNO4/c1-16-10-5-12(18-3)11(17-2)4-8(10)13-9(6-14)15-7-19-13/h4-5,7H,6H2,1-3H3. The van der Waals surface area contributed by atoms with Crippen LogP contribution in [0.25, 0.3) is 11.3 Å². The van der Waals surface area contributed by atoms with Crippen LogP contribution in [0.15, 0.2) is 22.9 Å². The summed E-state index contributed by atoms with van der Waals surface area (Å²) in [7, 11) is 4.70. The minimum absolute atomic E-state index is 0.253. The summed E-state index contributed by atoms with van der Waals surface area (Å²) in [6.45, 7) is 0. The molecule has 0 N–H and O–H groups in total. The first-order valence-corrected chi connectivity index (χ1v) is 6.07. The number of ether oxygens (including phenoxy) is 3. The molecular weight excluding hydrogens is 270 g/mol. The number of hydrogen-bond donors (Lipinski definition) is 0. The molecule has 1 heterocycles. The number of benzene rings is 1. The minimum Gasteiger partial charge on any atom is -0.496 e. The highest BCUT2D eigenvalue weighted by Crippen LogP contribution is 2.41. The highest BCUT2D eigenvalue weighted by molar-refractivity contribution is 6.17. The topological polar surface area (TPSA) is 53.7 Å². The van der Waals surface area contributed by atoms with Crippen LogP contribution in [0, 0.1) is 0 Å². The molecule has 0 bridgehead atoms. The lowest BCUT2D eigenvalue weighted by molar-refractivity contribution is 0.349. The first-order chi connectivity index (χ1) is 9.24. The van der Waals surface area contributed by atoms with E-state index in [-0.39, 0.29) is 5.88 Å². The lowest BCUT2D eigenvalue weighted by atomic mass is 10.1. The van der Waals surface area contributed by atoms with Gasteiger partial charge >= 0.3 is 0 Å². The van der Waals surface area contributed by atoms with Crippen LogP contribution in [0.5, 0.6) is 17.2 Å². The maximum absolute atomic E-state index is 5.83. The van der Waals surface area contributed by atoms with Crippen molar-refractivity contribution >= 4 is 11.6 Å². The average Bonchev–Trinajstić information content (AvgIpc) is 2.93. The fourth-order valence-electron chi connectivity index (χ4n) is 1.79. The molecule has 5 nitrogen and oxygen atoms in total. The molecule has 2 rings (SSSR count). The van der Waals surface area contributed by atoms with E-state index in [4.69, 9.17) is 30.2 Å². The maximum atomic E-state index is 5.83. The third kappa shape index (κ3) is 2.46. The van der Waals surface area contributed by atoms with Gasteiger partial charge in [0.1, 0.15) is 11.4 Å². The summed E-state index contributed by atoms with van der Waals surface area (Å²) in [5.74, 6) is 2.57. The Morgan fingerprint density at radius 3 is 2.26 bits per heavy atom. The van der Waals surface area contributed by atoms with Crippen molar-refractivity contribution in [3.63, 3.8) is 0 Å². The number of alkyl halides is 1. The van der Waals surface area contributed by atoms with Crippen molar-refractivity contribution in [2.45, 2.75) is 5.88 Å². The molecule has 0 aliphatic carbocycles. The highest BCUT2D eigenvalue weighted by Gasteiger charge is 2.18. The van der Waals surface area contributed by atoms with Crippen molar-refractivity contribution in [3.8, 4) is 28.6 Å². The van der Waals surface area contributed by atoms with Crippen molar-refractivity contribution in [2.75, 3.05) is 21.3 Å². The van der Waals surface area contributed by atoms with Gasteiger partial charge in [-0.2, -0.15) is 0 Å². The number of rotatable bonds is 5. The van der Waals surface area contributed by atoms with E-state index >= 15 is 0 Å². The molecule has 0 atom stereocenters. The maximum Gasteiger partial charge on any atom is 0.181 e. The van der Waals surface area contributed by atoms with E-state index < -0.39 is 0 Å². The van der Waals surface area contributed by atoms with Crippen LogP contribution in [0.2, 0.25) is 0 Å². The number of hydrogen-bond acceptors (Lipinski definition) is 5. The zero-order valence-electron chi connectivity index (χ0n) is 10.9. The smallest absolute Gasteiger partial charge is 0.181 e. The molecule has 0 amide bonds. The number of oxazole rings is 1. The number of nitrogens with zero attached hydrogens (tertiary/aromatic N) is 1. The zero-order chi connectivity index (χ0) is 13.8. The number of aromatic nitrogens is 1. The molecule has 0 aliphatic heterocycles. The van der Waals surface area contributed by atoms with E-state index in [0.29, 0.717) is 34.3 Å². The van der Waals surface area contributed by atoms with E-state index in [1.165, 1.54) is 6.39 Å². The summed E-state index contributed by atoms with van der Waals surface area (Å²) >= 11 is 5.83. The van der Waals surface area contributed by atoms with E-state index in [1.807, 2.05) is 0 Å². The minimum atomic E-state index is 0.253. The van der Waals surface area contributed by atoms with Crippen molar-refractivity contribution in [2.24, 2.45) is 0 Å². The Balaban J connectivity index is 2.61. The van der Waals surface area contributed by atoms with Gasteiger partial charge in [0, 0.05) is 6.07 Å². The molecule has 0 radical (unpaired) electrons. The van der Waals surface area contributed by atoms with Crippen LogP contribution in [0.4, 0.5) is 0 Å². The second-order valence-corrected chi connectivity index (χ2v) is 3.94. The molecular formula is C13H14ClNO4. The van der Waals surface area contributed by atoms with Crippen molar-refractivity contribution in [1.29, 1.82) is 0 Å². The first kappa shape index (κ1) is 13.5. The summed E-state index contributed by atoms with van der Waals surface area (Å²) in [6.07, 6.45) is 1.35. The second kappa shape index (κ2) is 5.84. The Bertz CT molecular complexity index is 568. The fourth-order valence-corrected chi connectivity index (χ4v) is 1.98. The van der Waals surface area contributed by atoms with Crippen LogP contribution >= 0.6 is 11.6 Å². The lowest BCUT2D eigenvalue weighted by Crippen LogP contribution is -1.95. The number of methoxy groups -OCH3 is 3. The van der Waals surface area contributed by atoms with E-state index in [2.05, 4.69) is 4.98 Å². The third-order valence-electron chi connectivity index (χ3n) is 2.72. The van der Waals surface area contributed by atoms with E-state index in [0.717, 1.165) is 0 Å². The van der Waals surface area contributed by atoms with Gasteiger partial charge in [-0.25, -0.2) is 4.98 Å². The Kier molecular flexibility index (Phi) is 4.16. The quantitative estimate of drug-likeness (QED) is 0.789. The Labute approximate surface area is 116 Å². The molecule has 102 valence electrons. The Morgan fingerprint density at radius 2 is 1.68 bits per heavy atom. The summed E-state index contributed by atoms with van der Waals surface area (Å²) in [5.41, 5.74) is 1.36. The predicted octanol–water partition coefficient (Wildman–Crippen LogP) is 3.11. The van der Waals surface area contributed by atoms with Crippen LogP contribution in [-0.2, 0) is 5.88 Å².